The van der Waals surface area contributed by atoms with Gasteiger partial charge in [-0.3, -0.25) is 4.79 Å². The molecule has 3 aromatic rings. The number of halogens is 1. The first-order chi connectivity index (χ1) is 17.0. The van der Waals surface area contributed by atoms with Crippen LogP contribution in [-0.4, -0.2) is 44.1 Å². The summed E-state index contributed by atoms with van der Waals surface area (Å²) in [7, 11) is 3.17. The highest BCUT2D eigenvalue weighted by Crippen LogP contribution is 2.33. The fourth-order valence-corrected chi connectivity index (χ4v) is 4.11. The molecule has 0 N–H and O–H groups in total. The Hall–Kier alpha value is -3.71. The van der Waals surface area contributed by atoms with Gasteiger partial charge in [0.15, 0.2) is 18.1 Å². The third-order valence-corrected chi connectivity index (χ3v) is 6.21. The number of carbonyl (C=O) groups is 2. The molecule has 35 heavy (non-hydrogen) atoms. The monoisotopic (exact) mass is 495 g/mol. The zero-order valence-electron chi connectivity index (χ0n) is 19.6. The first kappa shape index (κ1) is 24.4. The van der Waals surface area contributed by atoms with Gasteiger partial charge in [0.1, 0.15) is 17.9 Å². The number of amides is 1. The molecule has 0 bridgehead atoms. The van der Waals surface area contributed by atoms with Crippen molar-refractivity contribution in [2.24, 2.45) is 0 Å². The minimum atomic E-state index is -0.628. The molecule has 0 radical (unpaired) electrons. The zero-order chi connectivity index (χ0) is 24.8. The van der Waals surface area contributed by atoms with Crippen molar-refractivity contribution in [3.05, 3.63) is 87.9 Å². The molecule has 0 fully saturated rings. The smallest absolute Gasteiger partial charge is 0.342 e. The highest BCUT2D eigenvalue weighted by atomic mass is 35.5. The van der Waals surface area contributed by atoms with Gasteiger partial charge in [-0.1, -0.05) is 41.9 Å². The first-order valence-electron chi connectivity index (χ1n) is 11.1. The van der Waals surface area contributed by atoms with Gasteiger partial charge in [-0.15, -0.1) is 0 Å². The number of rotatable bonds is 8. The number of nitrogens with zero attached hydrogens (tertiary/aromatic N) is 1. The third-order valence-electron chi connectivity index (χ3n) is 5.85. The lowest BCUT2D eigenvalue weighted by Gasteiger charge is -2.29. The molecule has 0 atom stereocenters. The molecular weight excluding hydrogens is 470 g/mol. The van der Waals surface area contributed by atoms with Crippen LogP contribution < -0.4 is 14.2 Å². The van der Waals surface area contributed by atoms with Crippen molar-refractivity contribution >= 4 is 23.5 Å². The number of benzene rings is 3. The number of esters is 1. The van der Waals surface area contributed by atoms with Gasteiger partial charge in [-0.2, -0.15) is 0 Å². The molecule has 1 aliphatic heterocycles. The van der Waals surface area contributed by atoms with Crippen LogP contribution in [0.3, 0.4) is 0 Å². The van der Waals surface area contributed by atoms with Crippen molar-refractivity contribution in [3.8, 4) is 17.2 Å². The fourth-order valence-electron chi connectivity index (χ4n) is 3.92. The van der Waals surface area contributed by atoms with E-state index in [1.807, 2.05) is 30.3 Å². The molecule has 0 saturated heterocycles. The molecule has 0 spiro atoms. The molecule has 0 unspecified atom stereocenters. The van der Waals surface area contributed by atoms with Crippen LogP contribution in [0.5, 0.6) is 17.2 Å². The lowest BCUT2D eigenvalue weighted by atomic mass is 9.99. The molecule has 1 aliphatic rings. The predicted molar refractivity (Wildman–Crippen MR) is 131 cm³/mol. The van der Waals surface area contributed by atoms with E-state index in [0.29, 0.717) is 41.8 Å². The molecule has 3 aromatic carbocycles. The van der Waals surface area contributed by atoms with Crippen LogP contribution >= 0.6 is 11.6 Å². The Labute approximate surface area is 209 Å². The van der Waals surface area contributed by atoms with Crippen LogP contribution in [0.15, 0.2) is 60.7 Å². The summed E-state index contributed by atoms with van der Waals surface area (Å²) in [5.74, 6) is 0.735. The van der Waals surface area contributed by atoms with Gasteiger partial charge in [0.2, 0.25) is 0 Å². The Morgan fingerprint density at radius 2 is 1.60 bits per heavy atom. The van der Waals surface area contributed by atoms with E-state index in [9.17, 15) is 9.59 Å². The largest absolute Gasteiger partial charge is 0.493 e. The topological polar surface area (TPSA) is 74.3 Å². The molecular formula is C27H26ClNO6. The summed E-state index contributed by atoms with van der Waals surface area (Å²) < 4.78 is 21.9. The standard InChI is InChI=1S/C27H26ClNO6/c1-32-24-13-18-11-12-29(15-20(18)14-25(24)33-2)26(30)17-35-27(31)21-8-4-6-10-23(21)34-16-19-7-3-5-9-22(19)28/h3-10,13-14H,11-12,15-17H2,1-2H3. The van der Waals surface area contributed by atoms with Gasteiger partial charge >= 0.3 is 5.97 Å². The van der Waals surface area contributed by atoms with E-state index in [1.54, 1.807) is 49.5 Å². The number of hydrogen-bond donors (Lipinski definition) is 0. The number of fused-ring (bicyclic) bond motifs is 1. The second kappa shape index (κ2) is 11.1. The van der Waals surface area contributed by atoms with Crippen molar-refractivity contribution in [1.29, 1.82) is 0 Å². The lowest BCUT2D eigenvalue weighted by molar-refractivity contribution is -0.135. The normalized spacial score (nSPS) is 12.5. The van der Waals surface area contributed by atoms with Crippen molar-refractivity contribution in [2.75, 3.05) is 27.4 Å². The molecule has 8 heteroatoms. The van der Waals surface area contributed by atoms with E-state index in [1.165, 1.54) is 0 Å². The molecule has 7 nitrogen and oxygen atoms in total. The maximum atomic E-state index is 12.8. The van der Waals surface area contributed by atoms with Gasteiger partial charge in [0, 0.05) is 23.7 Å². The van der Waals surface area contributed by atoms with E-state index in [0.717, 1.165) is 16.7 Å². The summed E-state index contributed by atoms with van der Waals surface area (Å²) in [5, 5.41) is 0.581. The highest BCUT2D eigenvalue weighted by Gasteiger charge is 2.24. The predicted octanol–water partition coefficient (Wildman–Crippen LogP) is 4.68. The Morgan fingerprint density at radius 1 is 0.914 bits per heavy atom. The third kappa shape index (κ3) is 5.69. The maximum absolute atomic E-state index is 12.8. The average Bonchev–Trinajstić information content (AvgIpc) is 2.90. The van der Waals surface area contributed by atoms with Crippen LogP contribution in [0.2, 0.25) is 5.02 Å². The molecule has 1 heterocycles. The van der Waals surface area contributed by atoms with E-state index >= 15 is 0 Å². The average molecular weight is 496 g/mol. The summed E-state index contributed by atoms with van der Waals surface area (Å²) in [6.45, 7) is 0.768. The minimum Gasteiger partial charge on any atom is -0.493 e. The molecule has 4 rings (SSSR count). The van der Waals surface area contributed by atoms with E-state index in [2.05, 4.69) is 0 Å². The highest BCUT2D eigenvalue weighted by molar-refractivity contribution is 6.31. The van der Waals surface area contributed by atoms with Gasteiger partial charge in [0.25, 0.3) is 5.91 Å². The number of carbonyl (C=O) groups excluding carboxylic acids is 2. The van der Waals surface area contributed by atoms with E-state index in [4.69, 9.17) is 30.5 Å². The minimum absolute atomic E-state index is 0.199. The van der Waals surface area contributed by atoms with Crippen LogP contribution in [0.1, 0.15) is 27.0 Å². The van der Waals surface area contributed by atoms with Crippen molar-refractivity contribution in [2.45, 2.75) is 19.6 Å². The van der Waals surface area contributed by atoms with E-state index < -0.39 is 5.97 Å². The summed E-state index contributed by atoms with van der Waals surface area (Å²) in [6.07, 6.45) is 0.675. The number of para-hydroxylation sites is 1. The van der Waals surface area contributed by atoms with Crippen molar-refractivity contribution in [1.82, 2.24) is 4.90 Å². The Balaban J connectivity index is 1.37. The number of ether oxygens (including phenoxy) is 4. The summed E-state index contributed by atoms with van der Waals surface area (Å²) in [4.78, 5) is 27.2. The van der Waals surface area contributed by atoms with Crippen LogP contribution in [0.25, 0.3) is 0 Å². The summed E-state index contributed by atoms with van der Waals surface area (Å²) >= 11 is 6.19. The Bertz CT molecular complexity index is 1230. The molecule has 0 aromatic heterocycles. The number of hydrogen-bond acceptors (Lipinski definition) is 6. The van der Waals surface area contributed by atoms with Crippen molar-refractivity contribution in [3.63, 3.8) is 0 Å². The molecule has 0 aliphatic carbocycles. The first-order valence-corrected chi connectivity index (χ1v) is 11.5. The SMILES string of the molecule is COc1cc2c(cc1OC)CN(C(=O)COC(=O)c1ccccc1OCc1ccccc1Cl)CC2. The molecule has 0 saturated carbocycles. The van der Waals surface area contributed by atoms with Gasteiger partial charge in [-0.25, -0.2) is 4.79 Å². The number of methoxy groups -OCH3 is 2. The van der Waals surface area contributed by atoms with Crippen LogP contribution in [0.4, 0.5) is 0 Å². The van der Waals surface area contributed by atoms with Gasteiger partial charge in [0.05, 0.1) is 14.2 Å². The van der Waals surface area contributed by atoms with Gasteiger partial charge < -0.3 is 23.8 Å². The summed E-state index contributed by atoms with van der Waals surface area (Å²) in [5.41, 5.74) is 3.13. The second-order valence-electron chi connectivity index (χ2n) is 7.99. The van der Waals surface area contributed by atoms with Gasteiger partial charge in [-0.05, 0) is 47.9 Å². The van der Waals surface area contributed by atoms with Crippen LogP contribution in [0, 0.1) is 0 Å². The van der Waals surface area contributed by atoms with E-state index in [-0.39, 0.29) is 24.7 Å². The quantitative estimate of drug-likeness (QED) is 0.422. The summed E-state index contributed by atoms with van der Waals surface area (Å²) in [6, 6.07) is 17.9. The Kier molecular flexibility index (Phi) is 7.77. The Morgan fingerprint density at radius 3 is 2.34 bits per heavy atom. The zero-order valence-corrected chi connectivity index (χ0v) is 20.3. The fraction of sp³-hybridized carbons (Fsp3) is 0.259. The lowest BCUT2D eigenvalue weighted by Crippen LogP contribution is -2.38. The second-order valence-corrected chi connectivity index (χ2v) is 8.40. The van der Waals surface area contributed by atoms with Crippen LogP contribution in [-0.2, 0) is 29.1 Å². The maximum Gasteiger partial charge on any atom is 0.342 e. The molecule has 182 valence electrons. The molecule has 1 amide bonds. The van der Waals surface area contributed by atoms with Crippen molar-refractivity contribution < 1.29 is 28.5 Å².